The fraction of sp³-hybridized carbons (Fsp3) is 0.429. The van der Waals surface area contributed by atoms with Crippen molar-refractivity contribution in [1.29, 1.82) is 0 Å². The molecule has 0 radical (unpaired) electrons. The molecule has 2 aliphatic rings. The first kappa shape index (κ1) is 21.4. The molecule has 3 heterocycles. The number of nitrogens with zero attached hydrogens (tertiary/aromatic N) is 2. The van der Waals surface area contributed by atoms with Crippen molar-refractivity contribution in [2.75, 3.05) is 28.9 Å². The Morgan fingerprint density at radius 2 is 1.87 bits per heavy atom. The number of benzene rings is 1. The van der Waals surface area contributed by atoms with Crippen LogP contribution in [-0.2, 0) is 16.6 Å². The van der Waals surface area contributed by atoms with Crippen LogP contribution < -0.4 is 15.6 Å². The summed E-state index contributed by atoms with van der Waals surface area (Å²) in [5, 5.41) is 2.79. The molecular weight excluding hydrogens is 423 g/mol. The van der Waals surface area contributed by atoms with Crippen LogP contribution in [0.3, 0.4) is 0 Å². The van der Waals surface area contributed by atoms with Gasteiger partial charge < -0.3 is 14.8 Å². The Hall–Kier alpha value is -2.88. The predicted molar refractivity (Wildman–Crippen MR) is 116 cm³/mol. The number of nitrogens with one attached hydrogen (secondary N) is 2. The first-order valence-corrected chi connectivity index (χ1v) is 12.0. The summed E-state index contributed by atoms with van der Waals surface area (Å²) in [4.78, 5) is 27.4. The molecule has 2 aliphatic heterocycles. The van der Waals surface area contributed by atoms with Gasteiger partial charge in [0, 0.05) is 36.9 Å². The molecule has 2 amide bonds. The Morgan fingerprint density at radius 3 is 2.58 bits per heavy atom. The molecule has 0 spiro atoms. The van der Waals surface area contributed by atoms with Gasteiger partial charge in [0.1, 0.15) is 11.5 Å². The quantitative estimate of drug-likeness (QED) is 0.735. The topological polar surface area (TPSA) is 101 Å². The van der Waals surface area contributed by atoms with Crippen LogP contribution in [0.2, 0.25) is 0 Å². The smallest absolute Gasteiger partial charge is 0.321 e. The van der Waals surface area contributed by atoms with Gasteiger partial charge in [0.05, 0.1) is 5.75 Å². The van der Waals surface area contributed by atoms with Crippen molar-refractivity contribution in [3.63, 3.8) is 0 Å². The number of sulfonamides is 1. The highest BCUT2D eigenvalue weighted by molar-refractivity contribution is 7.92. The number of pyridine rings is 1. The molecular formula is C21H25FN4O4S. The lowest BCUT2D eigenvalue weighted by molar-refractivity contribution is 0.139. The molecule has 10 heteroatoms. The average Bonchev–Trinajstić information content (AvgIpc) is 2.72. The summed E-state index contributed by atoms with van der Waals surface area (Å²) in [6.45, 7) is 3.12. The minimum absolute atomic E-state index is 0.0135. The number of piperidine rings is 1. The van der Waals surface area contributed by atoms with E-state index in [1.807, 2.05) is 0 Å². The van der Waals surface area contributed by atoms with Gasteiger partial charge in [0.15, 0.2) is 0 Å². The number of carbonyl (C=O) groups excluding carboxylic acids is 1. The van der Waals surface area contributed by atoms with Crippen molar-refractivity contribution in [2.24, 2.45) is 5.92 Å². The van der Waals surface area contributed by atoms with E-state index >= 15 is 0 Å². The highest BCUT2D eigenvalue weighted by atomic mass is 32.2. The first-order chi connectivity index (χ1) is 14.8. The van der Waals surface area contributed by atoms with Crippen LogP contribution in [0.4, 0.5) is 20.6 Å². The number of hydrogen-bond acceptors (Lipinski definition) is 4. The number of rotatable bonds is 5. The third-order valence-electron chi connectivity index (χ3n) is 5.73. The molecule has 2 atom stereocenters. The zero-order chi connectivity index (χ0) is 22.2. The highest BCUT2D eigenvalue weighted by Gasteiger charge is 2.37. The van der Waals surface area contributed by atoms with Crippen molar-refractivity contribution in [3.05, 3.63) is 58.3 Å². The van der Waals surface area contributed by atoms with Gasteiger partial charge >= 0.3 is 6.03 Å². The number of anilines is 2. The van der Waals surface area contributed by atoms with Gasteiger partial charge in [-0.2, -0.15) is 0 Å². The highest BCUT2D eigenvalue weighted by Crippen LogP contribution is 2.35. The van der Waals surface area contributed by atoms with Gasteiger partial charge in [-0.25, -0.2) is 17.6 Å². The lowest BCUT2D eigenvalue weighted by atomic mass is 9.83. The van der Waals surface area contributed by atoms with Crippen LogP contribution in [-0.4, -0.2) is 42.8 Å². The summed E-state index contributed by atoms with van der Waals surface area (Å²) in [6, 6.07) is 8.61. The molecule has 1 aromatic heterocycles. The number of aromatic nitrogens is 1. The van der Waals surface area contributed by atoms with Gasteiger partial charge in [0.2, 0.25) is 10.0 Å². The summed E-state index contributed by atoms with van der Waals surface area (Å²) in [5.41, 5.74) is 1.03. The van der Waals surface area contributed by atoms with Crippen LogP contribution in [0.5, 0.6) is 0 Å². The summed E-state index contributed by atoms with van der Waals surface area (Å²) in [6.07, 6.45) is 1.32. The summed E-state index contributed by atoms with van der Waals surface area (Å²) < 4.78 is 41.3. The van der Waals surface area contributed by atoms with E-state index in [-0.39, 0.29) is 40.7 Å². The second-order valence-electron chi connectivity index (χ2n) is 8.15. The summed E-state index contributed by atoms with van der Waals surface area (Å²) in [7, 11) is -3.55. The maximum Gasteiger partial charge on any atom is 0.321 e. The fourth-order valence-electron chi connectivity index (χ4n) is 4.41. The normalized spacial score (nSPS) is 20.1. The second kappa shape index (κ2) is 8.33. The monoisotopic (exact) mass is 448 g/mol. The van der Waals surface area contributed by atoms with Crippen molar-refractivity contribution in [1.82, 2.24) is 9.47 Å². The lowest BCUT2D eigenvalue weighted by Gasteiger charge is -2.42. The van der Waals surface area contributed by atoms with Crippen molar-refractivity contribution in [2.45, 2.75) is 32.2 Å². The number of hydrogen-bond donors (Lipinski definition) is 2. The maximum atomic E-state index is 13.1. The van der Waals surface area contributed by atoms with E-state index < -0.39 is 10.0 Å². The first-order valence-electron chi connectivity index (χ1n) is 10.3. The molecule has 1 saturated heterocycles. The van der Waals surface area contributed by atoms with Crippen LogP contribution in [0.1, 0.15) is 31.4 Å². The molecule has 2 aromatic rings. The molecule has 1 aromatic carbocycles. The van der Waals surface area contributed by atoms with Crippen molar-refractivity contribution in [3.8, 4) is 0 Å². The largest absolute Gasteiger partial charge is 0.324 e. The lowest BCUT2D eigenvalue weighted by Crippen LogP contribution is -2.50. The predicted octanol–water partition coefficient (Wildman–Crippen LogP) is 2.79. The van der Waals surface area contributed by atoms with Gasteiger partial charge in [-0.05, 0) is 55.2 Å². The Labute approximate surface area is 180 Å². The zero-order valence-corrected chi connectivity index (χ0v) is 18.0. The molecule has 1 fully saturated rings. The maximum absolute atomic E-state index is 13.1. The Balaban J connectivity index is 1.52. The standard InChI is InChI=1S/C21H25FN4O4S/c1-2-9-31(29,30)24-18-7-8-19-15-10-14(12-26(19)20(18)27)11-25(13-15)21(28)23-17-5-3-16(22)4-6-17/h3-8,14-15,24H,2,9-13H2,1H3,(H,23,28). The van der Waals surface area contributed by atoms with E-state index in [0.717, 1.165) is 12.1 Å². The number of fused-ring (bicyclic) bond motifs is 4. The average molecular weight is 449 g/mol. The van der Waals surface area contributed by atoms with Gasteiger partial charge in [-0.3, -0.25) is 9.52 Å². The van der Waals surface area contributed by atoms with Gasteiger partial charge in [0.25, 0.3) is 5.56 Å². The van der Waals surface area contributed by atoms with Crippen molar-refractivity contribution >= 4 is 27.4 Å². The summed E-state index contributed by atoms with van der Waals surface area (Å²) in [5.74, 6) is -0.341. The molecule has 4 rings (SSSR count). The molecule has 0 saturated carbocycles. The van der Waals surface area contributed by atoms with E-state index in [9.17, 15) is 22.4 Å². The van der Waals surface area contributed by atoms with E-state index in [4.69, 9.17) is 0 Å². The Bertz CT molecular complexity index is 1150. The molecule has 31 heavy (non-hydrogen) atoms. The fourth-order valence-corrected chi connectivity index (χ4v) is 5.54. The number of likely N-dealkylation sites (tertiary alicyclic amines) is 1. The number of halogens is 1. The second-order valence-corrected chi connectivity index (χ2v) is 9.99. The van der Waals surface area contributed by atoms with Crippen LogP contribution in [0.15, 0.2) is 41.2 Å². The minimum Gasteiger partial charge on any atom is -0.324 e. The minimum atomic E-state index is -3.55. The third kappa shape index (κ3) is 4.58. The SMILES string of the molecule is CCCS(=O)(=O)Nc1ccc2n(c1=O)CC1CC2CN(C(=O)Nc2ccc(F)cc2)C1. The summed E-state index contributed by atoms with van der Waals surface area (Å²) >= 11 is 0. The van der Waals surface area contributed by atoms with Crippen molar-refractivity contribution < 1.29 is 17.6 Å². The third-order valence-corrected chi connectivity index (χ3v) is 7.20. The molecule has 2 N–H and O–H groups in total. The molecule has 8 nitrogen and oxygen atoms in total. The van der Waals surface area contributed by atoms with Crippen LogP contribution >= 0.6 is 0 Å². The molecule has 0 aliphatic carbocycles. The Morgan fingerprint density at radius 1 is 1.13 bits per heavy atom. The number of urea groups is 1. The van der Waals surface area contributed by atoms with Crippen LogP contribution in [0, 0.1) is 11.7 Å². The zero-order valence-electron chi connectivity index (χ0n) is 17.2. The van der Waals surface area contributed by atoms with Gasteiger partial charge in [-0.15, -0.1) is 0 Å². The van der Waals surface area contributed by atoms with Crippen LogP contribution in [0.25, 0.3) is 0 Å². The van der Waals surface area contributed by atoms with E-state index in [0.29, 0.717) is 31.7 Å². The van der Waals surface area contributed by atoms with E-state index in [2.05, 4.69) is 10.0 Å². The number of carbonyl (C=O) groups is 1. The number of amides is 2. The molecule has 2 bridgehead atoms. The Kier molecular flexibility index (Phi) is 5.74. The molecule has 2 unspecified atom stereocenters. The van der Waals surface area contributed by atoms with Gasteiger partial charge in [-0.1, -0.05) is 6.92 Å². The van der Waals surface area contributed by atoms with E-state index in [1.54, 1.807) is 22.5 Å². The van der Waals surface area contributed by atoms with E-state index in [1.165, 1.54) is 30.3 Å². The molecule has 166 valence electrons.